The Bertz CT molecular complexity index is 808. The molecule has 0 bridgehead atoms. The van der Waals surface area contributed by atoms with Crippen LogP contribution in [0.4, 0.5) is 0 Å². The van der Waals surface area contributed by atoms with Gasteiger partial charge in [-0.3, -0.25) is 0 Å². The molecule has 0 aliphatic carbocycles. The third kappa shape index (κ3) is 8.38. The van der Waals surface area contributed by atoms with Crippen molar-refractivity contribution >= 4 is 60.5 Å². The monoisotopic (exact) mass is 620 g/mol. The molecule has 0 saturated carbocycles. The standard InChI is InChI=1S/4C2H6O4S.Sn/c4*1-2(3)7(4,5)6;/h4*2-3H,1H3,(H,4,5,6);/q;;;;+4/p-4. The summed E-state index contributed by atoms with van der Waals surface area (Å²) in [4.78, 5) is 0. The Morgan fingerprint density at radius 2 is 0.621 bits per heavy atom. The van der Waals surface area contributed by atoms with Crippen LogP contribution in [-0.4, -0.2) is 95.9 Å². The van der Waals surface area contributed by atoms with E-state index in [1.54, 1.807) is 0 Å². The Balaban J connectivity index is 6.93. The van der Waals surface area contributed by atoms with Gasteiger partial charge in [0.2, 0.25) is 0 Å². The van der Waals surface area contributed by atoms with Crippen molar-refractivity contribution in [3.8, 4) is 0 Å². The summed E-state index contributed by atoms with van der Waals surface area (Å²) < 4.78 is 112. The summed E-state index contributed by atoms with van der Waals surface area (Å²) in [5.74, 6) is 0. The van der Waals surface area contributed by atoms with E-state index in [1.807, 2.05) is 0 Å². The maximum absolute atomic E-state index is 11.9. The first-order chi connectivity index (χ1) is 12.6. The van der Waals surface area contributed by atoms with Crippen molar-refractivity contribution in [3.63, 3.8) is 0 Å². The van der Waals surface area contributed by atoms with Crippen LogP contribution in [-0.2, 0) is 50.6 Å². The minimum atomic E-state index is -7.58. The minimum absolute atomic E-state index is 0.543. The number of aliphatic hydroxyl groups excluding tert-OH is 4. The molecule has 16 nitrogen and oxygen atoms in total. The predicted molar refractivity (Wildman–Crippen MR) is 92.5 cm³/mol. The van der Waals surface area contributed by atoms with Crippen LogP contribution in [0.1, 0.15) is 27.7 Å². The molecular weight excluding hydrogens is 599 g/mol. The summed E-state index contributed by atoms with van der Waals surface area (Å²) in [6.45, 7) is 2.17. The number of hydrogen-bond donors (Lipinski definition) is 4. The molecule has 0 aliphatic heterocycles. The fourth-order valence-electron chi connectivity index (χ4n) is 0.931. The van der Waals surface area contributed by atoms with Crippen LogP contribution < -0.4 is 0 Å². The second-order valence-corrected chi connectivity index (χ2v) is 21.1. The number of hydrogen-bond acceptors (Lipinski definition) is 16. The summed E-state index contributed by atoms with van der Waals surface area (Å²) in [6, 6.07) is 0. The van der Waals surface area contributed by atoms with Gasteiger partial charge >= 0.3 is 174 Å². The zero-order valence-corrected chi connectivity index (χ0v) is 21.3. The summed E-state index contributed by atoms with van der Waals surface area (Å²) in [5, 5.41) is 36.9. The molecule has 0 rings (SSSR count). The SMILES string of the molecule is CC(O)S(=O)(=O)[O][Sn]([O]S(=O)(=O)C(C)O)([O]S(=O)(=O)C(C)O)[O]S(=O)(=O)C(C)O. The van der Waals surface area contributed by atoms with E-state index in [9.17, 15) is 54.1 Å². The molecule has 176 valence electrons. The third-order valence-corrected chi connectivity index (χ3v) is 22.6. The zero-order valence-electron chi connectivity index (χ0n) is 15.1. The Kier molecular flexibility index (Phi) is 9.92. The van der Waals surface area contributed by atoms with Crippen molar-refractivity contribution in [1.29, 1.82) is 0 Å². The van der Waals surface area contributed by atoms with Crippen LogP contribution in [0.5, 0.6) is 0 Å². The molecule has 4 unspecified atom stereocenters. The quantitative estimate of drug-likeness (QED) is 0.153. The number of rotatable bonds is 12. The van der Waals surface area contributed by atoms with Crippen molar-refractivity contribution in [2.45, 2.75) is 49.4 Å². The van der Waals surface area contributed by atoms with Crippen LogP contribution >= 0.6 is 0 Å². The van der Waals surface area contributed by atoms with Crippen molar-refractivity contribution in [1.82, 2.24) is 0 Å². The average molecular weight is 619 g/mol. The summed E-state index contributed by atoms with van der Waals surface area (Å²) in [7, 11) is -21.7. The van der Waals surface area contributed by atoms with E-state index in [2.05, 4.69) is 10.1 Å². The van der Waals surface area contributed by atoms with Gasteiger partial charge in [-0.05, 0) is 0 Å². The fourth-order valence-corrected chi connectivity index (χ4v) is 22.1. The van der Waals surface area contributed by atoms with Gasteiger partial charge in [0.05, 0.1) is 0 Å². The Morgan fingerprint density at radius 1 is 0.483 bits per heavy atom. The van der Waals surface area contributed by atoms with Crippen molar-refractivity contribution in [3.05, 3.63) is 0 Å². The molecule has 0 aromatic rings. The third-order valence-electron chi connectivity index (χ3n) is 2.54. The van der Waals surface area contributed by atoms with Crippen molar-refractivity contribution < 1.29 is 64.2 Å². The van der Waals surface area contributed by atoms with E-state index in [0.717, 1.165) is 0 Å². The van der Waals surface area contributed by atoms with E-state index in [4.69, 9.17) is 0 Å². The molecule has 0 radical (unpaired) electrons. The molecule has 0 spiro atoms. The molecular formula is C8H20O16S4Sn. The molecule has 0 fully saturated rings. The van der Waals surface area contributed by atoms with Crippen molar-refractivity contribution in [2.24, 2.45) is 0 Å². The van der Waals surface area contributed by atoms with E-state index in [0.29, 0.717) is 27.7 Å². The Labute approximate surface area is 173 Å². The van der Waals surface area contributed by atoms with Gasteiger partial charge in [-0.25, -0.2) is 0 Å². The Hall–Kier alpha value is 0.279. The second kappa shape index (κ2) is 9.83. The molecule has 0 aromatic carbocycles. The first kappa shape index (κ1) is 29.3. The second-order valence-electron chi connectivity index (χ2n) is 5.20. The molecule has 0 amide bonds. The van der Waals surface area contributed by atoms with Gasteiger partial charge in [0.1, 0.15) is 0 Å². The van der Waals surface area contributed by atoms with Gasteiger partial charge in [-0.1, -0.05) is 0 Å². The van der Waals surface area contributed by atoms with Crippen LogP contribution in [0.15, 0.2) is 0 Å². The van der Waals surface area contributed by atoms with E-state index in [-0.39, 0.29) is 0 Å². The predicted octanol–water partition coefficient (Wildman–Crippen LogP) is -3.84. The van der Waals surface area contributed by atoms with Gasteiger partial charge in [-0.2, -0.15) is 0 Å². The Morgan fingerprint density at radius 3 is 0.724 bits per heavy atom. The topological polar surface area (TPSA) is 254 Å². The molecule has 4 N–H and O–H groups in total. The molecule has 0 aromatic heterocycles. The van der Waals surface area contributed by atoms with Gasteiger partial charge in [0.25, 0.3) is 0 Å². The first-order valence-corrected chi connectivity index (χ1v) is 17.6. The molecule has 0 heterocycles. The first-order valence-electron chi connectivity index (χ1n) is 7.10. The maximum atomic E-state index is 11.9. The zero-order chi connectivity index (χ0) is 23.6. The normalized spacial score (nSPS) is 20.4. The van der Waals surface area contributed by atoms with Gasteiger partial charge in [0.15, 0.2) is 0 Å². The van der Waals surface area contributed by atoms with Gasteiger partial charge in [0, 0.05) is 0 Å². The molecule has 0 saturated heterocycles. The van der Waals surface area contributed by atoms with Crippen molar-refractivity contribution in [2.75, 3.05) is 0 Å². The molecule has 4 atom stereocenters. The fraction of sp³-hybridized carbons (Fsp3) is 1.00. The van der Waals surface area contributed by atoms with Gasteiger partial charge < -0.3 is 0 Å². The molecule has 0 aliphatic rings. The summed E-state index contributed by atoms with van der Waals surface area (Å²) in [5.41, 5.74) is -10.0. The van der Waals surface area contributed by atoms with Crippen LogP contribution in [0.2, 0.25) is 0 Å². The van der Waals surface area contributed by atoms with Crippen LogP contribution in [0, 0.1) is 0 Å². The van der Waals surface area contributed by atoms with Crippen LogP contribution in [0.25, 0.3) is 0 Å². The number of aliphatic hydroxyl groups is 4. The average Bonchev–Trinajstić information content (AvgIpc) is 2.43. The van der Waals surface area contributed by atoms with E-state index < -0.39 is 82.2 Å². The molecule has 29 heavy (non-hydrogen) atoms. The van der Waals surface area contributed by atoms with Gasteiger partial charge in [-0.15, -0.1) is 0 Å². The summed E-state index contributed by atoms with van der Waals surface area (Å²) in [6.07, 6.45) is 0. The van der Waals surface area contributed by atoms with E-state index >= 15 is 0 Å². The molecule has 21 heteroatoms. The summed E-state index contributed by atoms with van der Waals surface area (Å²) >= 11 is -7.58. The van der Waals surface area contributed by atoms with Crippen LogP contribution in [0.3, 0.4) is 0 Å². The van der Waals surface area contributed by atoms with E-state index in [1.165, 1.54) is 0 Å².